The third-order valence-corrected chi connectivity index (χ3v) is 12.6. The molecular weight excluding hydrogens is 507 g/mol. The van der Waals surface area contributed by atoms with Crippen LogP contribution in [-0.2, 0) is 10.1 Å². The van der Waals surface area contributed by atoms with Crippen LogP contribution in [-0.4, -0.2) is 13.0 Å². The lowest BCUT2D eigenvalue weighted by atomic mass is 10.1. The minimum Gasteiger partial charge on any atom is -0.282 e. The quantitative estimate of drug-likeness (QED) is 0.213. The van der Waals surface area contributed by atoms with Crippen molar-refractivity contribution in [1.29, 1.82) is 0 Å². The Morgan fingerprint density at radius 3 is 1.61 bits per heavy atom. The minimum atomic E-state index is -4.54. The molecule has 186 valence electrons. The first-order chi connectivity index (χ1) is 18.4. The lowest BCUT2D eigenvalue weighted by Gasteiger charge is -2.30. The number of hydrogen-bond donors (Lipinski definition) is 1. The zero-order valence-corrected chi connectivity index (χ0v) is 22.5. The molecule has 6 rings (SSSR count). The topological polar surface area (TPSA) is 54.4 Å². The van der Waals surface area contributed by atoms with Crippen LogP contribution in [0.25, 0.3) is 21.5 Å². The second-order valence-corrected chi connectivity index (χ2v) is 14.1. The third-order valence-electron chi connectivity index (χ3n) is 7.15. The normalized spacial score (nSPS) is 12.2. The number of fused-ring (bicyclic) bond motifs is 2. The van der Waals surface area contributed by atoms with Crippen LogP contribution in [0.3, 0.4) is 0 Å². The first-order valence-corrected chi connectivity index (χ1v) is 15.6. The van der Waals surface area contributed by atoms with E-state index < -0.39 is 17.4 Å². The summed E-state index contributed by atoms with van der Waals surface area (Å²) in [5, 5.41) is 7.99. The second kappa shape index (κ2) is 9.49. The van der Waals surface area contributed by atoms with Crippen molar-refractivity contribution in [3.05, 3.63) is 139 Å². The van der Waals surface area contributed by atoms with E-state index in [0.717, 1.165) is 43.0 Å². The summed E-state index contributed by atoms with van der Waals surface area (Å²) < 4.78 is 36.7. The van der Waals surface area contributed by atoms with Gasteiger partial charge in [0.1, 0.15) is 33.4 Å². The molecule has 0 aromatic heterocycles. The fourth-order valence-electron chi connectivity index (χ4n) is 5.56. The number of rotatable bonds is 5. The lowest BCUT2D eigenvalue weighted by Crippen LogP contribution is -2.41. The van der Waals surface area contributed by atoms with Crippen LogP contribution >= 0.6 is 7.26 Å². The Balaban J connectivity index is 1.94. The standard InChI is InChI=1S/C33H25O3PS/c1-24-21-22-32(33(23-24)38(34,35)36)37(27-15-3-2-4-16-27,30-19-9-13-25-11-5-7-17-28(25)30)31-20-10-14-26-12-6-8-18-29(26)31/h2-23H,1H3/p+1. The molecule has 0 heterocycles. The first kappa shape index (κ1) is 24.5. The Hall–Kier alpha value is -3.82. The molecule has 0 bridgehead atoms. The van der Waals surface area contributed by atoms with Gasteiger partial charge in [-0.15, -0.1) is 0 Å². The molecule has 6 aromatic carbocycles. The maximum Gasteiger partial charge on any atom is 0.298 e. The highest BCUT2D eigenvalue weighted by Crippen LogP contribution is 2.57. The Labute approximate surface area is 223 Å². The molecule has 0 fully saturated rings. The third kappa shape index (κ3) is 3.93. The molecule has 1 N–H and O–H groups in total. The van der Waals surface area contributed by atoms with Crippen molar-refractivity contribution in [2.75, 3.05) is 0 Å². The van der Waals surface area contributed by atoms with E-state index in [-0.39, 0.29) is 4.90 Å². The van der Waals surface area contributed by atoms with Gasteiger partial charge in [0.2, 0.25) is 0 Å². The van der Waals surface area contributed by atoms with Crippen LogP contribution in [0, 0.1) is 6.92 Å². The van der Waals surface area contributed by atoms with Gasteiger partial charge in [0.25, 0.3) is 10.1 Å². The molecule has 0 saturated carbocycles. The molecule has 0 aliphatic heterocycles. The number of aryl methyl sites for hydroxylation is 1. The summed E-state index contributed by atoms with van der Waals surface area (Å²) in [4.78, 5) is -0.0458. The van der Waals surface area contributed by atoms with Crippen molar-refractivity contribution in [2.24, 2.45) is 0 Å². The summed E-state index contributed by atoms with van der Waals surface area (Å²) in [6.45, 7) is 1.84. The van der Waals surface area contributed by atoms with Crippen LogP contribution < -0.4 is 21.2 Å². The lowest BCUT2D eigenvalue weighted by molar-refractivity contribution is 0.484. The van der Waals surface area contributed by atoms with Gasteiger partial charge in [-0.1, -0.05) is 97.1 Å². The second-order valence-electron chi connectivity index (χ2n) is 9.45. The van der Waals surface area contributed by atoms with Gasteiger partial charge in [0, 0.05) is 10.8 Å². The van der Waals surface area contributed by atoms with Gasteiger partial charge in [0.15, 0.2) is 0 Å². The van der Waals surface area contributed by atoms with Crippen molar-refractivity contribution in [3.8, 4) is 0 Å². The zero-order chi connectivity index (χ0) is 26.3. The molecule has 0 unspecified atom stereocenters. The van der Waals surface area contributed by atoms with E-state index in [1.54, 1.807) is 6.07 Å². The maximum atomic E-state index is 13.0. The van der Waals surface area contributed by atoms with Crippen LogP contribution in [0.2, 0.25) is 0 Å². The van der Waals surface area contributed by atoms with E-state index in [9.17, 15) is 13.0 Å². The molecule has 0 aliphatic carbocycles. The first-order valence-electron chi connectivity index (χ1n) is 12.4. The molecule has 5 heteroatoms. The molecule has 0 atom stereocenters. The summed E-state index contributed by atoms with van der Waals surface area (Å²) in [5.74, 6) is 0. The summed E-state index contributed by atoms with van der Waals surface area (Å²) in [5.41, 5.74) is 0.767. The van der Waals surface area contributed by atoms with E-state index in [0.29, 0.717) is 5.30 Å². The molecule has 0 aliphatic rings. The van der Waals surface area contributed by atoms with E-state index in [1.165, 1.54) is 0 Å². The fourth-order valence-corrected chi connectivity index (χ4v) is 11.7. The van der Waals surface area contributed by atoms with Crippen molar-refractivity contribution < 1.29 is 13.0 Å². The van der Waals surface area contributed by atoms with Crippen molar-refractivity contribution >= 4 is 60.1 Å². The highest BCUT2D eigenvalue weighted by molar-refractivity contribution is 8.03. The molecule has 38 heavy (non-hydrogen) atoms. The van der Waals surface area contributed by atoms with E-state index in [2.05, 4.69) is 60.7 Å². The molecule has 0 saturated heterocycles. The van der Waals surface area contributed by atoms with E-state index in [1.807, 2.05) is 73.7 Å². The van der Waals surface area contributed by atoms with Crippen LogP contribution in [0.5, 0.6) is 0 Å². The Morgan fingerprint density at radius 1 is 0.553 bits per heavy atom. The largest absolute Gasteiger partial charge is 0.298 e. The van der Waals surface area contributed by atoms with Crippen LogP contribution in [0.4, 0.5) is 0 Å². The van der Waals surface area contributed by atoms with Crippen molar-refractivity contribution in [1.82, 2.24) is 0 Å². The Bertz CT molecular complexity index is 1820. The molecule has 3 nitrogen and oxygen atoms in total. The summed E-state index contributed by atoms with van der Waals surface area (Å²) in [6.07, 6.45) is 0. The van der Waals surface area contributed by atoms with Crippen LogP contribution in [0.1, 0.15) is 5.56 Å². The SMILES string of the molecule is Cc1ccc([P+](c2ccccc2)(c2cccc3ccccc23)c2cccc3ccccc23)c(S(=O)(=O)O)c1. The predicted molar refractivity (Wildman–Crippen MR) is 161 cm³/mol. The van der Waals surface area contributed by atoms with Crippen molar-refractivity contribution in [3.63, 3.8) is 0 Å². The van der Waals surface area contributed by atoms with Gasteiger partial charge in [-0.3, -0.25) is 4.55 Å². The van der Waals surface area contributed by atoms with Gasteiger partial charge in [-0.25, -0.2) is 0 Å². The van der Waals surface area contributed by atoms with Crippen LogP contribution in [0.15, 0.2) is 138 Å². The maximum absolute atomic E-state index is 13.0. The number of hydrogen-bond acceptors (Lipinski definition) is 2. The minimum absolute atomic E-state index is 0.0458. The average Bonchev–Trinajstić information content (AvgIpc) is 2.94. The van der Waals surface area contributed by atoms with Gasteiger partial charge >= 0.3 is 0 Å². The highest BCUT2D eigenvalue weighted by atomic mass is 32.2. The predicted octanol–water partition coefficient (Wildman–Crippen LogP) is 6.17. The van der Waals surface area contributed by atoms with E-state index >= 15 is 0 Å². The highest BCUT2D eigenvalue weighted by Gasteiger charge is 2.52. The van der Waals surface area contributed by atoms with Gasteiger partial charge in [0.05, 0.1) is 0 Å². The number of benzene rings is 6. The summed E-state index contributed by atoms with van der Waals surface area (Å²) in [6, 6.07) is 44.6. The zero-order valence-electron chi connectivity index (χ0n) is 20.8. The molecule has 0 radical (unpaired) electrons. The Morgan fingerprint density at radius 2 is 1.05 bits per heavy atom. The van der Waals surface area contributed by atoms with Gasteiger partial charge in [-0.2, -0.15) is 8.42 Å². The molecule has 0 spiro atoms. The molecular formula is C33H26O3PS+. The molecule has 6 aromatic rings. The average molecular weight is 534 g/mol. The monoisotopic (exact) mass is 533 g/mol. The smallest absolute Gasteiger partial charge is 0.282 e. The van der Waals surface area contributed by atoms with E-state index in [4.69, 9.17) is 0 Å². The summed E-state index contributed by atoms with van der Waals surface area (Å²) >= 11 is 0. The summed E-state index contributed by atoms with van der Waals surface area (Å²) in [7, 11) is -7.43. The Kier molecular flexibility index (Phi) is 6.12. The van der Waals surface area contributed by atoms with Gasteiger partial charge < -0.3 is 0 Å². The molecule has 0 amide bonds. The fraction of sp³-hybridized carbons (Fsp3) is 0.0303. The van der Waals surface area contributed by atoms with Crippen molar-refractivity contribution in [2.45, 2.75) is 11.8 Å². The van der Waals surface area contributed by atoms with Gasteiger partial charge in [-0.05, 0) is 59.7 Å².